The summed E-state index contributed by atoms with van der Waals surface area (Å²) in [4.78, 5) is 16.0. The highest BCUT2D eigenvalue weighted by molar-refractivity contribution is 5.91. The number of pyridine rings is 1. The van der Waals surface area contributed by atoms with Gasteiger partial charge in [0.1, 0.15) is 5.75 Å². The number of hydrogen-bond donors (Lipinski definition) is 1. The molecule has 0 unspecified atom stereocenters. The third kappa shape index (κ3) is 5.48. The number of nitrogens with zero attached hydrogens (tertiary/aromatic N) is 1. The minimum atomic E-state index is -0.976. The average Bonchev–Trinajstić information content (AvgIpc) is 2.70. The Morgan fingerprint density at radius 1 is 1.07 bits per heavy atom. The van der Waals surface area contributed by atoms with Crippen LogP contribution in [0.1, 0.15) is 11.1 Å². The van der Waals surface area contributed by atoms with Gasteiger partial charge in [0.05, 0.1) is 0 Å². The summed E-state index contributed by atoms with van der Waals surface area (Å²) in [7, 11) is 0. The molecule has 4 nitrogen and oxygen atoms in total. The number of hydrogen-bond acceptors (Lipinski definition) is 3. The molecule has 142 valence electrons. The molecule has 0 atom stereocenters. The molecule has 3 aromatic rings. The van der Waals surface area contributed by atoms with Crippen LogP contribution in [0.3, 0.4) is 0 Å². The van der Waals surface area contributed by atoms with Crippen molar-refractivity contribution in [1.29, 1.82) is 0 Å². The molecule has 0 bridgehead atoms. The lowest BCUT2D eigenvalue weighted by molar-refractivity contribution is -0.116. The number of carbonyl (C=O) groups is 1. The summed E-state index contributed by atoms with van der Waals surface area (Å²) in [6.45, 7) is 0.391. The number of rotatable bonds is 7. The van der Waals surface area contributed by atoms with E-state index < -0.39 is 11.6 Å². The van der Waals surface area contributed by atoms with Crippen LogP contribution in [0.4, 0.5) is 8.78 Å². The van der Waals surface area contributed by atoms with Crippen molar-refractivity contribution in [2.24, 2.45) is 0 Å². The number of carbonyl (C=O) groups excluding carboxylic acids is 1. The van der Waals surface area contributed by atoms with Gasteiger partial charge in [-0.2, -0.15) is 0 Å². The number of benzene rings is 2. The molecule has 1 N–H and O–H groups in total. The van der Waals surface area contributed by atoms with E-state index in [1.165, 1.54) is 24.3 Å². The first-order valence-electron chi connectivity index (χ1n) is 8.69. The Balaban J connectivity index is 1.50. The van der Waals surface area contributed by atoms with Gasteiger partial charge in [-0.15, -0.1) is 0 Å². The predicted molar refractivity (Wildman–Crippen MR) is 103 cm³/mol. The van der Waals surface area contributed by atoms with Gasteiger partial charge in [-0.1, -0.05) is 30.3 Å². The third-order valence-corrected chi connectivity index (χ3v) is 3.87. The molecule has 1 amide bonds. The summed E-state index contributed by atoms with van der Waals surface area (Å²) in [6.07, 6.45) is 4.67. The van der Waals surface area contributed by atoms with Crippen molar-refractivity contribution in [1.82, 2.24) is 10.3 Å². The SMILES string of the molecule is O=C(C=Cc1cccc(F)c1F)NCCc1cccc(Oc2ccccn2)c1. The number of halogens is 2. The Kier molecular flexibility index (Phi) is 6.46. The lowest BCUT2D eigenvalue weighted by Crippen LogP contribution is -2.23. The Labute approximate surface area is 161 Å². The maximum Gasteiger partial charge on any atom is 0.244 e. The van der Waals surface area contributed by atoms with Crippen LogP contribution in [0.15, 0.2) is 72.9 Å². The van der Waals surface area contributed by atoms with E-state index in [1.54, 1.807) is 12.3 Å². The molecule has 1 aromatic heterocycles. The molecule has 0 spiro atoms. The smallest absolute Gasteiger partial charge is 0.244 e. The molecule has 0 saturated heterocycles. The van der Waals surface area contributed by atoms with Gasteiger partial charge in [-0.25, -0.2) is 13.8 Å². The fourth-order valence-electron chi connectivity index (χ4n) is 2.50. The van der Waals surface area contributed by atoms with Gasteiger partial charge in [-0.3, -0.25) is 4.79 Å². The summed E-state index contributed by atoms with van der Waals surface area (Å²) in [5.74, 6) is -1.15. The molecule has 0 aliphatic carbocycles. The molecule has 0 aliphatic rings. The van der Waals surface area contributed by atoms with Gasteiger partial charge < -0.3 is 10.1 Å². The second-order valence-electron chi connectivity index (χ2n) is 5.93. The van der Waals surface area contributed by atoms with Crippen molar-refractivity contribution in [2.45, 2.75) is 6.42 Å². The van der Waals surface area contributed by atoms with E-state index in [4.69, 9.17) is 4.74 Å². The lowest BCUT2D eigenvalue weighted by Gasteiger charge is -2.07. The van der Waals surface area contributed by atoms with Crippen LogP contribution >= 0.6 is 0 Å². The normalized spacial score (nSPS) is 10.8. The highest BCUT2D eigenvalue weighted by Gasteiger charge is 2.05. The monoisotopic (exact) mass is 380 g/mol. The minimum Gasteiger partial charge on any atom is -0.439 e. The van der Waals surface area contributed by atoms with Crippen molar-refractivity contribution >= 4 is 12.0 Å². The Bertz CT molecular complexity index is 975. The predicted octanol–water partition coefficient (Wildman–Crippen LogP) is 4.52. The van der Waals surface area contributed by atoms with Gasteiger partial charge >= 0.3 is 0 Å². The van der Waals surface area contributed by atoms with Crippen LogP contribution < -0.4 is 10.1 Å². The second-order valence-corrected chi connectivity index (χ2v) is 5.93. The molecular formula is C22H18F2N2O2. The first-order chi connectivity index (χ1) is 13.6. The highest BCUT2D eigenvalue weighted by atomic mass is 19.2. The van der Waals surface area contributed by atoms with Crippen LogP contribution in [0.2, 0.25) is 0 Å². The zero-order valence-electron chi connectivity index (χ0n) is 14.9. The molecule has 0 saturated carbocycles. The van der Waals surface area contributed by atoms with E-state index in [-0.39, 0.29) is 11.5 Å². The molecule has 28 heavy (non-hydrogen) atoms. The summed E-state index contributed by atoms with van der Waals surface area (Å²) < 4.78 is 32.4. The quantitative estimate of drug-likeness (QED) is 0.613. The van der Waals surface area contributed by atoms with E-state index in [0.717, 1.165) is 11.6 Å². The average molecular weight is 380 g/mol. The summed E-state index contributed by atoms with van der Waals surface area (Å²) in [5.41, 5.74) is 1.00. The van der Waals surface area contributed by atoms with E-state index in [0.29, 0.717) is 24.6 Å². The van der Waals surface area contributed by atoms with E-state index in [1.807, 2.05) is 36.4 Å². The maximum atomic E-state index is 13.5. The molecule has 2 aromatic carbocycles. The lowest BCUT2D eigenvalue weighted by atomic mass is 10.1. The van der Waals surface area contributed by atoms with Crippen LogP contribution in [0.25, 0.3) is 6.08 Å². The summed E-state index contributed by atoms with van der Waals surface area (Å²) in [5, 5.41) is 2.71. The van der Waals surface area contributed by atoms with Gasteiger partial charge in [0.25, 0.3) is 0 Å². The standard InChI is InChI=1S/C22H18F2N2O2/c23-19-8-4-6-17(22(19)24)10-11-20(27)25-14-12-16-5-3-7-18(15-16)28-21-9-1-2-13-26-21/h1-11,13,15H,12,14H2,(H,25,27). The van der Waals surface area contributed by atoms with Gasteiger partial charge in [0.15, 0.2) is 11.6 Å². The largest absolute Gasteiger partial charge is 0.439 e. The van der Waals surface area contributed by atoms with Crippen LogP contribution in [-0.4, -0.2) is 17.4 Å². The van der Waals surface area contributed by atoms with Crippen molar-refractivity contribution in [3.05, 3.63) is 95.7 Å². The van der Waals surface area contributed by atoms with E-state index in [9.17, 15) is 13.6 Å². The molecule has 0 radical (unpaired) electrons. The number of ether oxygens (including phenoxy) is 1. The molecule has 6 heteroatoms. The van der Waals surface area contributed by atoms with Gasteiger partial charge in [-0.05, 0) is 42.3 Å². The topological polar surface area (TPSA) is 51.2 Å². The van der Waals surface area contributed by atoms with Crippen LogP contribution in [-0.2, 0) is 11.2 Å². The van der Waals surface area contributed by atoms with Crippen LogP contribution in [0, 0.1) is 11.6 Å². The summed E-state index contributed by atoms with van der Waals surface area (Å²) >= 11 is 0. The Hall–Kier alpha value is -3.54. The summed E-state index contributed by atoms with van der Waals surface area (Å²) in [6, 6.07) is 16.7. The van der Waals surface area contributed by atoms with Crippen molar-refractivity contribution in [2.75, 3.05) is 6.54 Å². The number of nitrogens with one attached hydrogen (secondary N) is 1. The zero-order valence-corrected chi connectivity index (χ0v) is 14.9. The highest BCUT2D eigenvalue weighted by Crippen LogP contribution is 2.20. The molecule has 0 fully saturated rings. The maximum absolute atomic E-state index is 13.5. The number of amides is 1. The van der Waals surface area contributed by atoms with Crippen molar-refractivity contribution in [3.63, 3.8) is 0 Å². The third-order valence-electron chi connectivity index (χ3n) is 3.87. The van der Waals surface area contributed by atoms with E-state index in [2.05, 4.69) is 10.3 Å². The first-order valence-corrected chi connectivity index (χ1v) is 8.69. The van der Waals surface area contributed by atoms with Gasteiger partial charge in [0, 0.05) is 30.4 Å². The van der Waals surface area contributed by atoms with Crippen LogP contribution in [0.5, 0.6) is 11.6 Å². The molecule has 3 rings (SSSR count). The van der Waals surface area contributed by atoms with Crippen molar-refractivity contribution < 1.29 is 18.3 Å². The number of aromatic nitrogens is 1. The molecule has 0 aliphatic heterocycles. The van der Waals surface area contributed by atoms with E-state index >= 15 is 0 Å². The molecule has 1 heterocycles. The van der Waals surface area contributed by atoms with Crippen molar-refractivity contribution in [3.8, 4) is 11.6 Å². The minimum absolute atomic E-state index is 0.0227. The first kappa shape index (κ1) is 19.2. The zero-order chi connectivity index (χ0) is 19.8. The Morgan fingerprint density at radius 2 is 1.93 bits per heavy atom. The fraction of sp³-hybridized carbons (Fsp3) is 0.0909. The fourth-order valence-corrected chi connectivity index (χ4v) is 2.50. The van der Waals surface area contributed by atoms with Gasteiger partial charge in [0.2, 0.25) is 11.8 Å². The molecular weight excluding hydrogens is 362 g/mol. The Morgan fingerprint density at radius 3 is 2.75 bits per heavy atom. The second kappa shape index (κ2) is 9.41.